The second-order valence-electron chi connectivity index (χ2n) is 7.46. The van der Waals surface area contributed by atoms with Gasteiger partial charge in [0.2, 0.25) is 0 Å². The molecule has 0 saturated carbocycles. The minimum absolute atomic E-state index is 0.0563. The lowest BCUT2D eigenvalue weighted by molar-refractivity contribution is 0.0780. The molecule has 5 nitrogen and oxygen atoms in total. The highest BCUT2D eigenvalue weighted by Gasteiger charge is 2.29. The molecule has 2 aromatic rings. The number of amides is 1. The average molecular weight is 344 g/mol. The third-order valence-corrected chi connectivity index (χ3v) is 5.24. The van der Waals surface area contributed by atoms with Gasteiger partial charge in [-0.2, -0.15) is 0 Å². The second kappa shape index (κ2) is 7.08. The Kier molecular flexibility index (Phi) is 5.04. The molecule has 1 aliphatic heterocycles. The molecular weight excluding hydrogens is 316 g/mol. The predicted octanol–water partition coefficient (Wildman–Crippen LogP) is 3.74. The summed E-state index contributed by atoms with van der Waals surface area (Å²) in [5.41, 5.74) is 1.50. The Morgan fingerprint density at radius 2 is 2.00 bits per heavy atom. The Morgan fingerprint density at radius 1 is 1.28 bits per heavy atom. The summed E-state index contributed by atoms with van der Waals surface area (Å²) in [6, 6.07) is 5.59. The maximum Gasteiger partial charge on any atom is 0.287 e. The fraction of sp³-hybridized carbons (Fsp3) is 0.550. The molecule has 0 radical (unpaired) electrons. The zero-order valence-electron chi connectivity index (χ0n) is 15.6. The van der Waals surface area contributed by atoms with Gasteiger partial charge in [-0.3, -0.25) is 9.69 Å². The first kappa shape index (κ1) is 17.8. The molecule has 1 aliphatic rings. The summed E-state index contributed by atoms with van der Waals surface area (Å²) in [7, 11) is 1.63. The SMILES string of the molecule is COc1ccc2oc(C(=O)NCC(C)(C)N3CCCCC3)c(C)c2c1. The van der Waals surface area contributed by atoms with Crippen molar-refractivity contribution in [2.24, 2.45) is 0 Å². The third-order valence-electron chi connectivity index (χ3n) is 5.24. The lowest BCUT2D eigenvalue weighted by Gasteiger charge is -2.41. The van der Waals surface area contributed by atoms with Crippen LogP contribution in [0.2, 0.25) is 0 Å². The van der Waals surface area contributed by atoms with Crippen LogP contribution in [-0.4, -0.2) is 43.1 Å². The zero-order valence-corrected chi connectivity index (χ0v) is 15.6. The van der Waals surface area contributed by atoms with E-state index in [-0.39, 0.29) is 11.4 Å². The van der Waals surface area contributed by atoms with Crippen LogP contribution in [0.15, 0.2) is 22.6 Å². The van der Waals surface area contributed by atoms with Crippen LogP contribution < -0.4 is 10.1 Å². The van der Waals surface area contributed by atoms with E-state index in [9.17, 15) is 4.79 Å². The number of piperidine rings is 1. The fourth-order valence-corrected chi connectivity index (χ4v) is 3.53. The number of hydrogen-bond donors (Lipinski definition) is 1. The number of ether oxygens (including phenoxy) is 1. The number of benzene rings is 1. The number of aryl methyl sites for hydroxylation is 1. The molecule has 0 unspecified atom stereocenters. The molecule has 1 fully saturated rings. The first-order valence-electron chi connectivity index (χ1n) is 9.03. The molecule has 1 aromatic carbocycles. The van der Waals surface area contributed by atoms with E-state index in [4.69, 9.17) is 9.15 Å². The normalized spacial score (nSPS) is 16.2. The highest BCUT2D eigenvalue weighted by Crippen LogP contribution is 2.29. The van der Waals surface area contributed by atoms with Crippen molar-refractivity contribution in [2.75, 3.05) is 26.7 Å². The number of hydrogen-bond acceptors (Lipinski definition) is 4. The lowest BCUT2D eigenvalue weighted by atomic mass is 9.98. The number of rotatable bonds is 5. The van der Waals surface area contributed by atoms with Crippen molar-refractivity contribution < 1.29 is 13.9 Å². The van der Waals surface area contributed by atoms with E-state index in [0.29, 0.717) is 17.9 Å². The summed E-state index contributed by atoms with van der Waals surface area (Å²) in [6.45, 7) is 9.10. The number of methoxy groups -OCH3 is 1. The van der Waals surface area contributed by atoms with Gasteiger partial charge in [-0.05, 0) is 64.9 Å². The van der Waals surface area contributed by atoms with Gasteiger partial charge in [-0.15, -0.1) is 0 Å². The van der Waals surface area contributed by atoms with Crippen LogP contribution in [-0.2, 0) is 0 Å². The Balaban J connectivity index is 1.72. The molecule has 1 aromatic heterocycles. The number of likely N-dealkylation sites (tertiary alicyclic amines) is 1. The molecule has 0 aliphatic carbocycles. The molecule has 1 amide bonds. The average Bonchev–Trinajstić information content (AvgIpc) is 2.96. The summed E-state index contributed by atoms with van der Waals surface area (Å²) in [4.78, 5) is 15.1. The van der Waals surface area contributed by atoms with E-state index in [1.165, 1.54) is 19.3 Å². The second-order valence-corrected chi connectivity index (χ2v) is 7.46. The van der Waals surface area contributed by atoms with Gasteiger partial charge >= 0.3 is 0 Å². The predicted molar refractivity (Wildman–Crippen MR) is 99.3 cm³/mol. The van der Waals surface area contributed by atoms with Crippen LogP contribution in [0.25, 0.3) is 11.0 Å². The van der Waals surface area contributed by atoms with Crippen molar-refractivity contribution in [3.8, 4) is 5.75 Å². The van der Waals surface area contributed by atoms with Crippen molar-refractivity contribution in [3.63, 3.8) is 0 Å². The Hall–Kier alpha value is -2.01. The van der Waals surface area contributed by atoms with Gasteiger partial charge < -0.3 is 14.5 Å². The molecule has 0 atom stereocenters. The van der Waals surface area contributed by atoms with Gasteiger partial charge in [0.05, 0.1) is 7.11 Å². The standard InChI is InChI=1S/C20H28N2O3/c1-14-16-12-15(24-4)8-9-17(16)25-18(14)19(23)21-13-20(2,3)22-10-6-5-7-11-22/h8-9,12H,5-7,10-11,13H2,1-4H3,(H,21,23). The summed E-state index contributed by atoms with van der Waals surface area (Å²) < 4.78 is 11.0. The van der Waals surface area contributed by atoms with Crippen molar-refractivity contribution in [2.45, 2.75) is 45.6 Å². The molecule has 1 N–H and O–H groups in total. The van der Waals surface area contributed by atoms with Crippen LogP contribution in [0.3, 0.4) is 0 Å². The number of fused-ring (bicyclic) bond motifs is 1. The number of nitrogens with one attached hydrogen (secondary N) is 1. The molecule has 0 spiro atoms. The largest absolute Gasteiger partial charge is 0.497 e. The highest BCUT2D eigenvalue weighted by molar-refractivity contribution is 5.99. The van der Waals surface area contributed by atoms with Crippen LogP contribution in [0.1, 0.15) is 49.2 Å². The highest BCUT2D eigenvalue weighted by atomic mass is 16.5. The number of furan rings is 1. The molecule has 0 bridgehead atoms. The molecular formula is C20H28N2O3. The van der Waals surface area contributed by atoms with Gasteiger partial charge in [0, 0.05) is 23.0 Å². The molecule has 2 heterocycles. The summed E-state index contributed by atoms with van der Waals surface area (Å²) in [6.07, 6.45) is 3.78. The maximum atomic E-state index is 12.7. The Labute approximate surface area is 149 Å². The van der Waals surface area contributed by atoms with Crippen LogP contribution in [0.4, 0.5) is 0 Å². The van der Waals surface area contributed by atoms with Crippen molar-refractivity contribution in [1.82, 2.24) is 10.2 Å². The van der Waals surface area contributed by atoms with Gasteiger partial charge in [0.15, 0.2) is 5.76 Å². The van der Waals surface area contributed by atoms with Crippen LogP contribution in [0.5, 0.6) is 5.75 Å². The van der Waals surface area contributed by atoms with Crippen molar-refractivity contribution >= 4 is 16.9 Å². The molecule has 136 valence electrons. The molecule has 25 heavy (non-hydrogen) atoms. The number of nitrogens with zero attached hydrogens (tertiary/aromatic N) is 1. The quantitative estimate of drug-likeness (QED) is 0.898. The van der Waals surface area contributed by atoms with E-state index < -0.39 is 0 Å². The van der Waals surface area contributed by atoms with E-state index in [1.807, 2.05) is 25.1 Å². The van der Waals surface area contributed by atoms with E-state index in [0.717, 1.165) is 29.8 Å². The molecule has 1 saturated heterocycles. The molecule has 5 heteroatoms. The number of carbonyl (C=O) groups excluding carboxylic acids is 1. The first-order chi connectivity index (χ1) is 11.9. The maximum absolute atomic E-state index is 12.7. The lowest BCUT2D eigenvalue weighted by Crippen LogP contribution is -2.53. The monoisotopic (exact) mass is 344 g/mol. The van der Waals surface area contributed by atoms with Gasteiger partial charge in [0.25, 0.3) is 5.91 Å². The third kappa shape index (κ3) is 3.66. The summed E-state index contributed by atoms with van der Waals surface area (Å²) in [5, 5.41) is 3.98. The summed E-state index contributed by atoms with van der Waals surface area (Å²) in [5.74, 6) is 0.991. The summed E-state index contributed by atoms with van der Waals surface area (Å²) >= 11 is 0. The van der Waals surface area contributed by atoms with E-state index in [2.05, 4.69) is 24.1 Å². The Bertz CT molecular complexity index is 758. The smallest absolute Gasteiger partial charge is 0.287 e. The van der Waals surface area contributed by atoms with Gasteiger partial charge in [0.1, 0.15) is 11.3 Å². The topological polar surface area (TPSA) is 54.7 Å². The fourth-order valence-electron chi connectivity index (χ4n) is 3.53. The van der Waals surface area contributed by atoms with Crippen LogP contribution in [0, 0.1) is 6.92 Å². The Morgan fingerprint density at radius 3 is 2.68 bits per heavy atom. The van der Waals surface area contributed by atoms with Crippen molar-refractivity contribution in [3.05, 3.63) is 29.5 Å². The van der Waals surface area contributed by atoms with Gasteiger partial charge in [-0.1, -0.05) is 6.42 Å². The van der Waals surface area contributed by atoms with E-state index >= 15 is 0 Å². The van der Waals surface area contributed by atoms with E-state index in [1.54, 1.807) is 7.11 Å². The number of carbonyl (C=O) groups is 1. The molecule has 3 rings (SSSR count). The first-order valence-corrected chi connectivity index (χ1v) is 9.03. The minimum Gasteiger partial charge on any atom is -0.497 e. The zero-order chi connectivity index (χ0) is 18.0. The van der Waals surface area contributed by atoms with Crippen LogP contribution >= 0.6 is 0 Å². The minimum atomic E-state index is -0.155. The van der Waals surface area contributed by atoms with Crippen molar-refractivity contribution in [1.29, 1.82) is 0 Å². The van der Waals surface area contributed by atoms with Gasteiger partial charge in [-0.25, -0.2) is 0 Å².